The van der Waals surface area contributed by atoms with Gasteiger partial charge >= 0.3 is 0 Å². The SMILES string of the molecule is CCCC1(O)CN(C(=O)c2cnc3n(c2=O)CCS3)C1. The number of aromatic nitrogens is 2. The molecular formula is C13H17N3O3S. The maximum Gasteiger partial charge on any atom is 0.267 e. The minimum atomic E-state index is -0.777. The standard InChI is InChI=1S/C13H17N3O3S/c1-2-3-13(19)7-15(8-13)10(17)9-6-14-12-16(11(9)18)4-5-20-12/h6,19H,2-5,7-8H2,1H3. The van der Waals surface area contributed by atoms with Gasteiger partial charge in [0.25, 0.3) is 11.5 Å². The number of carbonyl (C=O) groups excluding carboxylic acids is 1. The fourth-order valence-electron chi connectivity index (χ4n) is 2.77. The van der Waals surface area contributed by atoms with E-state index in [-0.39, 0.29) is 17.0 Å². The molecule has 1 amide bonds. The lowest BCUT2D eigenvalue weighted by Crippen LogP contribution is -2.63. The van der Waals surface area contributed by atoms with Gasteiger partial charge in [-0.2, -0.15) is 0 Å². The quantitative estimate of drug-likeness (QED) is 0.814. The monoisotopic (exact) mass is 295 g/mol. The normalized spacial score (nSPS) is 19.6. The van der Waals surface area contributed by atoms with Crippen molar-refractivity contribution in [2.45, 2.75) is 37.1 Å². The molecule has 0 atom stereocenters. The molecule has 1 aromatic heterocycles. The Kier molecular flexibility index (Phi) is 3.33. The van der Waals surface area contributed by atoms with Gasteiger partial charge in [-0.05, 0) is 6.42 Å². The number of amides is 1. The number of thioether (sulfide) groups is 1. The molecule has 0 bridgehead atoms. The largest absolute Gasteiger partial charge is 0.386 e. The third-order valence-electron chi connectivity index (χ3n) is 3.76. The second kappa shape index (κ2) is 4.89. The summed E-state index contributed by atoms with van der Waals surface area (Å²) in [5.41, 5.74) is -0.939. The average molecular weight is 295 g/mol. The Bertz CT molecular complexity index is 607. The number of carbonyl (C=O) groups is 1. The van der Waals surface area contributed by atoms with Gasteiger partial charge in [0.15, 0.2) is 5.16 Å². The molecule has 3 rings (SSSR count). The Morgan fingerprint density at radius 2 is 2.30 bits per heavy atom. The van der Waals surface area contributed by atoms with Crippen molar-refractivity contribution in [3.63, 3.8) is 0 Å². The molecule has 1 N–H and O–H groups in total. The predicted octanol–water partition coefficient (Wildman–Crippen LogP) is 0.336. The van der Waals surface area contributed by atoms with Crippen molar-refractivity contribution < 1.29 is 9.90 Å². The van der Waals surface area contributed by atoms with Gasteiger partial charge in [-0.1, -0.05) is 25.1 Å². The maximum absolute atomic E-state index is 12.3. The summed E-state index contributed by atoms with van der Waals surface area (Å²) in [6, 6.07) is 0. The first-order valence-corrected chi connectivity index (χ1v) is 7.77. The summed E-state index contributed by atoms with van der Waals surface area (Å²) < 4.78 is 1.55. The van der Waals surface area contributed by atoms with Gasteiger partial charge in [-0.25, -0.2) is 4.98 Å². The highest BCUT2D eigenvalue weighted by Gasteiger charge is 2.43. The molecule has 2 aliphatic heterocycles. The van der Waals surface area contributed by atoms with Crippen molar-refractivity contribution in [3.8, 4) is 0 Å². The van der Waals surface area contributed by atoms with E-state index in [1.807, 2.05) is 6.92 Å². The number of rotatable bonds is 3. The third-order valence-corrected chi connectivity index (χ3v) is 4.73. The minimum absolute atomic E-state index is 0.106. The van der Waals surface area contributed by atoms with Crippen molar-refractivity contribution in [2.24, 2.45) is 0 Å². The molecule has 7 heteroatoms. The van der Waals surface area contributed by atoms with Crippen LogP contribution in [0.2, 0.25) is 0 Å². The van der Waals surface area contributed by atoms with E-state index >= 15 is 0 Å². The van der Waals surface area contributed by atoms with Crippen LogP contribution in [0.1, 0.15) is 30.1 Å². The Hall–Kier alpha value is -1.34. The maximum atomic E-state index is 12.3. The first-order valence-electron chi connectivity index (χ1n) is 6.78. The van der Waals surface area contributed by atoms with E-state index in [4.69, 9.17) is 0 Å². The number of hydrogen-bond acceptors (Lipinski definition) is 5. The third kappa shape index (κ3) is 2.14. The lowest BCUT2D eigenvalue weighted by Gasteiger charge is -2.46. The highest BCUT2D eigenvalue weighted by atomic mass is 32.2. The fraction of sp³-hybridized carbons (Fsp3) is 0.615. The van der Waals surface area contributed by atoms with Gasteiger partial charge in [0.2, 0.25) is 0 Å². The zero-order valence-corrected chi connectivity index (χ0v) is 12.2. The minimum Gasteiger partial charge on any atom is -0.386 e. The number of fused-ring (bicyclic) bond motifs is 1. The predicted molar refractivity (Wildman–Crippen MR) is 75.0 cm³/mol. The van der Waals surface area contributed by atoms with Crippen LogP contribution >= 0.6 is 11.8 Å². The van der Waals surface area contributed by atoms with Crippen LogP contribution in [0.25, 0.3) is 0 Å². The topological polar surface area (TPSA) is 75.4 Å². The van der Waals surface area contributed by atoms with Crippen LogP contribution in [-0.2, 0) is 6.54 Å². The Labute approximate surface area is 120 Å². The fourth-order valence-corrected chi connectivity index (χ4v) is 3.68. The number of nitrogens with zero attached hydrogens (tertiary/aromatic N) is 3. The molecular weight excluding hydrogens is 278 g/mol. The van der Waals surface area contributed by atoms with Crippen LogP contribution in [0, 0.1) is 0 Å². The van der Waals surface area contributed by atoms with Crippen molar-refractivity contribution in [2.75, 3.05) is 18.8 Å². The van der Waals surface area contributed by atoms with Crippen LogP contribution < -0.4 is 5.56 Å². The highest BCUT2D eigenvalue weighted by Crippen LogP contribution is 2.27. The molecule has 1 fully saturated rings. The molecule has 0 saturated carbocycles. The summed E-state index contributed by atoms with van der Waals surface area (Å²) in [4.78, 5) is 30.2. The molecule has 108 valence electrons. The second-order valence-corrected chi connectivity index (χ2v) is 6.46. The van der Waals surface area contributed by atoms with Crippen molar-refractivity contribution in [1.29, 1.82) is 0 Å². The number of hydrogen-bond donors (Lipinski definition) is 1. The van der Waals surface area contributed by atoms with Gasteiger partial charge < -0.3 is 10.0 Å². The zero-order valence-electron chi connectivity index (χ0n) is 11.3. The lowest BCUT2D eigenvalue weighted by molar-refractivity contribution is -0.0860. The molecule has 0 radical (unpaired) electrons. The van der Waals surface area contributed by atoms with E-state index < -0.39 is 5.60 Å². The number of β-amino-alcohol motifs (C(OH)–C–C–N with tert-alkyl or cyclic N) is 1. The van der Waals surface area contributed by atoms with E-state index in [2.05, 4.69) is 4.98 Å². The summed E-state index contributed by atoms with van der Waals surface area (Å²) >= 11 is 1.52. The van der Waals surface area contributed by atoms with Gasteiger partial charge in [0, 0.05) is 18.5 Å². The molecule has 1 aromatic rings. The Morgan fingerprint density at radius 3 is 3.00 bits per heavy atom. The molecule has 0 unspecified atom stereocenters. The molecule has 0 aromatic carbocycles. The van der Waals surface area contributed by atoms with E-state index in [0.29, 0.717) is 31.2 Å². The second-order valence-electron chi connectivity index (χ2n) is 5.40. The van der Waals surface area contributed by atoms with Crippen LogP contribution in [-0.4, -0.2) is 49.9 Å². The number of likely N-dealkylation sites (tertiary alicyclic amines) is 1. The van der Waals surface area contributed by atoms with Gasteiger partial charge in [-0.3, -0.25) is 14.2 Å². The molecule has 3 heterocycles. The van der Waals surface area contributed by atoms with E-state index in [9.17, 15) is 14.7 Å². The van der Waals surface area contributed by atoms with Gasteiger partial charge in [0.1, 0.15) is 5.56 Å². The van der Waals surface area contributed by atoms with Crippen molar-refractivity contribution in [1.82, 2.24) is 14.5 Å². The van der Waals surface area contributed by atoms with E-state index in [1.54, 1.807) is 4.57 Å². The first-order chi connectivity index (χ1) is 9.54. The summed E-state index contributed by atoms with van der Waals surface area (Å²) in [6.45, 7) is 3.20. The number of aliphatic hydroxyl groups is 1. The molecule has 2 aliphatic rings. The van der Waals surface area contributed by atoms with E-state index in [0.717, 1.165) is 12.2 Å². The van der Waals surface area contributed by atoms with Crippen molar-refractivity contribution in [3.05, 3.63) is 22.1 Å². The van der Waals surface area contributed by atoms with Gasteiger partial charge in [0.05, 0.1) is 18.7 Å². The zero-order chi connectivity index (χ0) is 14.3. The average Bonchev–Trinajstić information content (AvgIpc) is 2.85. The summed E-state index contributed by atoms with van der Waals surface area (Å²) in [5.74, 6) is 0.496. The first kappa shape index (κ1) is 13.6. The van der Waals surface area contributed by atoms with Crippen LogP contribution in [0.3, 0.4) is 0 Å². The highest BCUT2D eigenvalue weighted by molar-refractivity contribution is 7.99. The Balaban J connectivity index is 1.78. The molecule has 1 saturated heterocycles. The molecule has 6 nitrogen and oxygen atoms in total. The molecule has 20 heavy (non-hydrogen) atoms. The summed E-state index contributed by atoms with van der Waals surface area (Å²) in [5, 5.41) is 10.8. The van der Waals surface area contributed by atoms with Gasteiger partial charge in [-0.15, -0.1) is 0 Å². The van der Waals surface area contributed by atoms with Crippen molar-refractivity contribution >= 4 is 17.7 Å². The Morgan fingerprint density at radius 1 is 1.55 bits per heavy atom. The van der Waals surface area contributed by atoms with E-state index in [1.165, 1.54) is 22.9 Å². The van der Waals surface area contributed by atoms with Crippen LogP contribution in [0.4, 0.5) is 0 Å². The summed E-state index contributed by atoms with van der Waals surface area (Å²) in [7, 11) is 0. The van der Waals surface area contributed by atoms with Crippen LogP contribution in [0.5, 0.6) is 0 Å². The molecule has 0 spiro atoms. The summed E-state index contributed by atoms with van der Waals surface area (Å²) in [6.07, 6.45) is 2.92. The smallest absolute Gasteiger partial charge is 0.267 e. The lowest BCUT2D eigenvalue weighted by atomic mass is 9.89. The molecule has 0 aliphatic carbocycles. The van der Waals surface area contributed by atoms with Crippen LogP contribution in [0.15, 0.2) is 16.1 Å².